The molecule has 3 nitrogen and oxygen atoms in total. The van der Waals surface area contributed by atoms with Gasteiger partial charge in [0.15, 0.2) is 0 Å². The van der Waals surface area contributed by atoms with Crippen LogP contribution >= 0.6 is 11.6 Å². The van der Waals surface area contributed by atoms with Crippen LogP contribution in [0.15, 0.2) is 66.7 Å². The Labute approximate surface area is 133 Å². The molecule has 22 heavy (non-hydrogen) atoms. The minimum Gasteiger partial charge on any atom is -0.323 e. The molecule has 3 aromatic rings. The first-order valence-electron chi connectivity index (χ1n) is 6.81. The fourth-order valence-electron chi connectivity index (χ4n) is 2.07. The van der Waals surface area contributed by atoms with E-state index in [0.29, 0.717) is 10.7 Å². The highest BCUT2D eigenvalue weighted by Gasteiger charge is 1.99. The molecule has 0 aliphatic carbocycles. The van der Waals surface area contributed by atoms with Crippen LogP contribution in [0, 0.1) is 0 Å². The number of nitrogens with zero attached hydrogens (tertiary/aromatic N) is 1. The average molecular weight is 309 g/mol. The normalized spacial score (nSPS) is 11.0. The molecule has 3 rings (SSSR count). The first-order valence-corrected chi connectivity index (χ1v) is 7.19. The van der Waals surface area contributed by atoms with E-state index in [2.05, 4.69) is 10.3 Å². The maximum absolute atomic E-state index is 11.9. The van der Waals surface area contributed by atoms with Crippen molar-refractivity contribution in [2.75, 3.05) is 5.32 Å². The molecule has 2 aromatic carbocycles. The third-order valence-electron chi connectivity index (χ3n) is 3.12. The summed E-state index contributed by atoms with van der Waals surface area (Å²) in [6.07, 6.45) is 3.14. The molecule has 0 fully saturated rings. The van der Waals surface area contributed by atoms with Gasteiger partial charge in [-0.2, -0.15) is 0 Å². The number of benzene rings is 2. The summed E-state index contributed by atoms with van der Waals surface area (Å²) in [7, 11) is 0. The van der Waals surface area contributed by atoms with Crippen molar-refractivity contribution in [3.8, 4) is 0 Å². The van der Waals surface area contributed by atoms with Crippen molar-refractivity contribution in [2.45, 2.75) is 0 Å². The molecule has 0 atom stereocenters. The summed E-state index contributed by atoms with van der Waals surface area (Å²) in [5, 5.41) is 4.43. The number of halogens is 1. The molecule has 1 aromatic heterocycles. The highest BCUT2D eigenvalue weighted by atomic mass is 35.5. The number of hydrogen-bond donors (Lipinski definition) is 1. The second-order valence-electron chi connectivity index (χ2n) is 4.76. The fourth-order valence-corrected chi connectivity index (χ4v) is 2.23. The number of rotatable bonds is 3. The van der Waals surface area contributed by atoms with Crippen molar-refractivity contribution in [1.82, 2.24) is 4.98 Å². The molecule has 108 valence electrons. The summed E-state index contributed by atoms with van der Waals surface area (Å²) in [5.41, 5.74) is 2.27. The Morgan fingerprint density at radius 1 is 1.05 bits per heavy atom. The van der Waals surface area contributed by atoms with E-state index in [9.17, 15) is 4.79 Å². The van der Waals surface area contributed by atoms with Gasteiger partial charge in [0.25, 0.3) is 0 Å². The Kier molecular flexibility index (Phi) is 4.17. The van der Waals surface area contributed by atoms with Crippen LogP contribution in [0.4, 0.5) is 5.69 Å². The fraction of sp³-hybridized carbons (Fsp3) is 0. The van der Waals surface area contributed by atoms with Crippen LogP contribution in [0.25, 0.3) is 17.0 Å². The minimum atomic E-state index is -0.195. The summed E-state index contributed by atoms with van der Waals surface area (Å²) in [5.74, 6) is -0.195. The molecular weight excluding hydrogens is 296 g/mol. The Hall–Kier alpha value is -2.65. The molecule has 0 aliphatic rings. The van der Waals surface area contributed by atoms with Gasteiger partial charge in [-0.15, -0.1) is 0 Å². The van der Waals surface area contributed by atoms with Crippen LogP contribution in [-0.2, 0) is 4.79 Å². The van der Waals surface area contributed by atoms with Gasteiger partial charge in [-0.1, -0.05) is 41.9 Å². The van der Waals surface area contributed by atoms with Gasteiger partial charge in [0.1, 0.15) is 0 Å². The van der Waals surface area contributed by atoms with Gasteiger partial charge >= 0.3 is 0 Å². The molecule has 1 N–H and O–H groups in total. The lowest BCUT2D eigenvalue weighted by atomic mass is 10.2. The SMILES string of the molecule is O=C(/C=C/c1ccc2ccc(Cl)cc2n1)Nc1ccccc1. The zero-order chi connectivity index (χ0) is 15.4. The van der Waals surface area contributed by atoms with Gasteiger partial charge in [-0.05, 0) is 36.4 Å². The number of amides is 1. The second kappa shape index (κ2) is 6.41. The Balaban J connectivity index is 1.76. The molecule has 4 heteroatoms. The molecule has 0 saturated heterocycles. The van der Waals surface area contributed by atoms with Crippen molar-refractivity contribution in [1.29, 1.82) is 0 Å². The second-order valence-corrected chi connectivity index (χ2v) is 5.20. The zero-order valence-corrected chi connectivity index (χ0v) is 12.4. The van der Waals surface area contributed by atoms with E-state index in [0.717, 1.165) is 16.6 Å². The minimum absolute atomic E-state index is 0.195. The van der Waals surface area contributed by atoms with Crippen molar-refractivity contribution in [3.63, 3.8) is 0 Å². The number of carbonyl (C=O) groups excluding carboxylic acids is 1. The van der Waals surface area contributed by atoms with Gasteiger partial charge in [-0.3, -0.25) is 4.79 Å². The average Bonchev–Trinajstić information content (AvgIpc) is 2.53. The number of aromatic nitrogens is 1. The van der Waals surface area contributed by atoms with Crippen LogP contribution in [-0.4, -0.2) is 10.9 Å². The highest BCUT2D eigenvalue weighted by Crippen LogP contribution is 2.18. The smallest absolute Gasteiger partial charge is 0.248 e. The van der Waals surface area contributed by atoms with Crippen LogP contribution in [0.2, 0.25) is 5.02 Å². The molecule has 1 heterocycles. The van der Waals surface area contributed by atoms with Crippen molar-refractivity contribution in [3.05, 3.63) is 77.5 Å². The number of carbonyl (C=O) groups is 1. The number of anilines is 1. The Morgan fingerprint density at radius 3 is 2.64 bits per heavy atom. The molecule has 0 radical (unpaired) electrons. The monoisotopic (exact) mass is 308 g/mol. The van der Waals surface area contributed by atoms with E-state index in [1.807, 2.05) is 54.6 Å². The largest absolute Gasteiger partial charge is 0.323 e. The number of para-hydroxylation sites is 1. The number of nitrogens with one attached hydrogen (secondary N) is 1. The summed E-state index contributed by atoms with van der Waals surface area (Å²) < 4.78 is 0. The lowest BCUT2D eigenvalue weighted by molar-refractivity contribution is -0.111. The topological polar surface area (TPSA) is 42.0 Å². The van der Waals surface area contributed by atoms with Gasteiger partial charge in [0, 0.05) is 22.2 Å². The molecule has 0 unspecified atom stereocenters. The molecule has 0 aliphatic heterocycles. The quantitative estimate of drug-likeness (QED) is 0.722. The van der Waals surface area contributed by atoms with Crippen LogP contribution in [0.3, 0.4) is 0 Å². The van der Waals surface area contributed by atoms with Crippen molar-refractivity contribution >= 4 is 40.2 Å². The van der Waals surface area contributed by atoms with Gasteiger partial charge < -0.3 is 5.32 Å². The number of hydrogen-bond acceptors (Lipinski definition) is 2. The highest BCUT2D eigenvalue weighted by molar-refractivity contribution is 6.31. The van der Waals surface area contributed by atoms with E-state index in [4.69, 9.17) is 11.6 Å². The van der Waals surface area contributed by atoms with Crippen LogP contribution < -0.4 is 5.32 Å². The maximum atomic E-state index is 11.9. The maximum Gasteiger partial charge on any atom is 0.248 e. The van der Waals surface area contributed by atoms with E-state index in [-0.39, 0.29) is 5.91 Å². The Bertz CT molecular complexity index is 844. The summed E-state index contributed by atoms with van der Waals surface area (Å²) in [4.78, 5) is 16.3. The Morgan fingerprint density at radius 2 is 1.82 bits per heavy atom. The molecular formula is C18H13ClN2O. The lowest BCUT2D eigenvalue weighted by Gasteiger charge is -2.01. The lowest BCUT2D eigenvalue weighted by Crippen LogP contribution is -2.07. The predicted octanol–water partition coefficient (Wildman–Crippen LogP) is 4.54. The number of pyridine rings is 1. The van der Waals surface area contributed by atoms with Crippen molar-refractivity contribution < 1.29 is 4.79 Å². The molecule has 0 bridgehead atoms. The molecule has 1 amide bonds. The zero-order valence-electron chi connectivity index (χ0n) is 11.7. The first-order chi connectivity index (χ1) is 10.7. The van der Waals surface area contributed by atoms with E-state index >= 15 is 0 Å². The molecule has 0 saturated carbocycles. The summed E-state index contributed by atoms with van der Waals surface area (Å²) >= 11 is 5.97. The summed E-state index contributed by atoms with van der Waals surface area (Å²) in [6, 6.07) is 18.7. The third kappa shape index (κ3) is 3.51. The van der Waals surface area contributed by atoms with E-state index in [1.54, 1.807) is 12.1 Å². The third-order valence-corrected chi connectivity index (χ3v) is 3.36. The van der Waals surface area contributed by atoms with E-state index < -0.39 is 0 Å². The van der Waals surface area contributed by atoms with Crippen LogP contribution in [0.5, 0.6) is 0 Å². The summed E-state index contributed by atoms with van der Waals surface area (Å²) in [6.45, 7) is 0. The van der Waals surface area contributed by atoms with Gasteiger partial charge in [-0.25, -0.2) is 4.98 Å². The first kappa shape index (κ1) is 14.3. The van der Waals surface area contributed by atoms with Gasteiger partial charge in [0.2, 0.25) is 5.91 Å². The molecule has 0 spiro atoms. The number of fused-ring (bicyclic) bond motifs is 1. The van der Waals surface area contributed by atoms with Gasteiger partial charge in [0.05, 0.1) is 11.2 Å². The van der Waals surface area contributed by atoms with Crippen molar-refractivity contribution in [2.24, 2.45) is 0 Å². The standard InChI is InChI=1S/C18H13ClN2O/c19-14-8-6-13-7-9-16(20-17(13)12-14)10-11-18(22)21-15-4-2-1-3-5-15/h1-12H,(H,21,22)/b11-10+. The van der Waals surface area contributed by atoms with E-state index in [1.165, 1.54) is 6.08 Å². The van der Waals surface area contributed by atoms with Crippen LogP contribution in [0.1, 0.15) is 5.69 Å². The predicted molar refractivity (Wildman–Crippen MR) is 90.9 cm³/mol.